The number of imidazole rings is 1. The average molecular weight is 273 g/mol. The van der Waals surface area contributed by atoms with E-state index >= 15 is 0 Å². The van der Waals surface area contributed by atoms with Crippen molar-refractivity contribution in [3.63, 3.8) is 0 Å². The number of nitrogens with zero attached hydrogens (tertiary/aromatic N) is 2. The van der Waals surface area contributed by atoms with Gasteiger partial charge in [0.1, 0.15) is 0 Å². The fourth-order valence-electron chi connectivity index (χ4n) is 2.12. The minimum Gasteiger partial charge on any atom is -0.382 e. The molecule has 0 saturated heterocycles. The van der Waals surface area contributed by atoms with Crippen LogP contribution in [0, 0.1) is 6.92 Å². The SMILES string of the molecule is CCOCCCn1ccnc1NCc1ccccc1C. The van der Waals surface area contributed by atoms with E-state index in [1.165, 1.54) is 11.1 Å². The third kappa shape index (κ3) is 4.10. The van der Waals surface area contributed by atoms with E-state index in [1.54, 1.807) is 0 Å². The van der Waals surface area contributed by atoms with Crippen LogP contribution < -0.4 is 5.32 Å². The number of benzene rings is 1. The Bertz CT molecular complexity index is 522. The minimum atomic E-state index is 0.780. The largest absolute Gasteiger partial charge is 0.382 e. The summed E-state index contributed by atoms with van der Waals surface area (Å²) in [7, 11) is 0. The summed E-state index contributed by atoms with van der Waals surface area (Å²) in [6.07, 6.45) is 4.84. The van der Waals surface area contributed by atoms with Gasteiger partial charge in [-0.25, -0.2) is 4.98 Å². The van der Waals surface area contributed by atoms with Crippen LogP contribution in [0.25, 0.3) is 0 Å². The van der Waals surface area contributed by atoms with Crippen molar-refractivity contribution in [3.8, 4) is 0 Å². The molecule has 1 N–H and O–H groups in total. The molecule has 2 aromatic rings. The number of aromatic nitrogens is 2. The van der Waals surface area contributed by atoms with Crippen molar-refractivity contribution in [2.45, 2.75) is 33.4 Å². The maximum absolute atomic E-state index is 5.36. The Kier molecular flexibility index (Phi) is 5.62. The average Bonchev–Trinajstić information content (AvgIpc) is 2.90. The molecule has 1 heterocycles. The van der Waals surface area contributed by atoms with E-state index < -0.39 is 0 Å². The topological polar surface area (TPSA) is 39.1 Å². The number of anilines is 1. The monoisotopic (exact) mass is 273 g/mol. The molecule has 0 aliphatic carbocycles. The number of aryl methyl sites for hydroxylation is 2. The van der Waals surface area contributed by atoms with Crippen molar-refractivity contribution in [2.75, 3.05) is 18.5 Å². The molecule has 0 unspecified atom stereocenters. The van der Waals surface area contributed by atoms with Crippen LogP contribution in [0.5, 0.6) is 0 Å². The molecule has 0 saturated carbocycles. The summed E-state index contributed by atoms with van der Waals surface area (Å²) in [6, 6.07) is 8.41. The molecule has 0 aliphatic rings. The number of hydrogen-bond acceptors (Lipinski definition) is 3. The Hall–Kier alpha value is -1.81. The van der Waals surface area contributed by atoms with Crippen LogP contribution in [-0.2, 0) is 17.8 Å². The lowest BCUT2D eigenvalue weighted by atomic mass is 10.1. The summed E-state index contributed by atoms with van der Waals surface area (Å²) in [4.78, 5) is 4.37. The molecular formula is C16H23N3O. The van der Waals surface area contributed by atoms with Crippen molar-refractivity contribution in [1.29, 1.82) is 0 Å². The molecule has 0 amide bonds. The van der Waals surface area contributed by atoms with E-state index in [-0.39, 0.29) is 0 Å². The van der Waals surface area contributed by atoms with Crippen molar-refractivity contribution < 1.29 is 4.74 Å². The van der Waals surface area contributed by atoms with Gasteiger partial charge in [-0.15, -0.1) is 0 Å². The van der Waals surface area contributed by atoms with E-state index in [4.69, 9.17) is 4.74 Å². The van der Waals surface area contributed by atoms with Crippen LogP contribution in [-0.4, -0.2) is 22.8 Å². The summed E-state index contributed by atoms with van der Waals surface area (Å²) in [5.74, 6) is 0.921. The first-order valence-electron chi connectivity index (χ1n) is 7.18. The molecule has 4 heteroatoms. The van der Waals surface area contributed by atoms with Crippen molar-refractivity contribution in [2.24, 2.45) is 0 Å². The highest BCUT2D eigenvalue weighted by atomic mass is 16.5. The van der Waals surface area contributed by atoms with Crippen LogP contribution in [0.15, 0.2) is 36.7 Å². The fourth-order valence-corrected chi connectivity index (χ4v) is 2.12. The van der Waals surface area contributed by atoms with Crippen LogP contribution >= 0.6 is 0 Å². The zero-order chi connectivity index (χ0) is 14.2. The van der Waals surface area contributed by atoms with Gasteiger partial charge in [-0.05, 0) is 31.4 Å². The predicted octanol–water partition coefficient (Wildman–Crippen LogP) is 3.23. The number of nitrogens with one attached hydrogen (secondary N) is 1. The van der Waals surface area contributed by atoms with E-state index in [2.05, 4.69) is 46.1 Å². The van der Waals surface area contributed by atoms with Gasteiger partial charge >= 0.3 is 0 Å². The molecule has 4 nitrogen and oxygen atoms in total. The molecule has 0 atom stereocenters. The molecule has 1 aromatic carbocycles. The van der Waals surface area contributed by atoms with Crippen LogP contribution in [0.4, 0.5) is 5.95 Å². The summed E-state index contributed by atoms with van der Waals surface area (Å²) in [5, 5.41) is 3.40. The van der Waals surface area contributed by atoms with Crippen molar-refractivity contribution in [1.82, 2.24) is 9.55 Å². The van der Waals surface area contributed by atoms with E-state index in [9.17, 15) is 0 Å². The van der Waals surface area contributed by atoms with Gasteiger partial charge in [-0.2, -0.15) is 0 Å². The summed E-state index contributed by atoms with van der Waals surface area (Å²) < 4.78 is 7.50. The second-order valence-corrected chi connectivity index (χ2v) is 4.77. The lowest BCUT2D eigenvalue weighted by Gasteiger charge is -2.11. The highest BCUT2D eigenvalue weighted by molar-refractivity contribution is 5.32. The maximum Gasteiger partial charge on any atom is 0.203 e. The summed E-state index contributed by atoms with van der Waals surface area (Å²) >= 11 is 0. The highest BCUT2D eigenvalue weighted by Gasteiger charge is 2.03. The normalized spacial score (nSPS) is 10.7. The second-order valence-electron chi connectivity index (χ2n) is 4.77. The molecule has 0 fully saturated rings. The molecule has 0 spiro atoms. The van der Waals surface area contributed by atoms with Crippen molar-refractivity contribution in [3.05, 3.63) is 47.8 Å². The molecule has 1 aromatic heterocycles. The molecule has 0 aliphatic heterocycles. The van der Waals surface area contributed by atoms with Crippen LogP contribution in [0.3, 0.4) is 0 Å². The first-order chi connectivity index (χ1) is 9.81. The molecular weight excluding hydrogens is 250 g/mol. The van der Waals surface area contributed by atoms with E-state index in [0.29, 0.717) is 0 Å². The number of rotatable bonds is 8. The lowest BCUT2D eigenvalue weighted by molar-refractivity contribution is 0.142. The van der Waals surface area contributed by atoms with Gasteiger partial charge in [0, 0.05) is 38.7 Å². The van der Waals surface area contributed by atoms with Crippen LogP contribution in [0.1, 0.15) is 24.5 Å². The van der Waals surface area contributed by atoms with Gasteiger partial charge in [0.15, 0.2) is 0 Å². The third-order valence-electron chi connectivity index (χ3n) is 3.31. The standard InChI is InChI=1S/C16H23N3O/c1-3-20-12-6-10-19-11-9-17-16(19)18-13-15-8-5-4-7-14(15)2/h4-5,7-9,11H,3,6,10,12-13H2,1-2H3,(H,17,18). The van der Waals surface area contributed by atoms with E-state index in [1.807, 2.05) is 19.3 Å². The summed E-state index contributed by atoms with van der Waals surface area (Å²) in [5.41, 5.74) is 2.60. The first kappa shape index (κ1) is 14.6. The number of hydrogen-bond donors (Lipinski definition) is 1. The van der Waals surface area contributed by atoms with Gasteiger partial charge in [-0.3, -0.25) is 0 Å². The van der Waals surface area contributed by atoms with Crippen molar-refractivity contribution >= 4 is 5.95 Å². The molecule has 0 radical (unpaired) electrons. The smallest absolute Gasteiger partial charge is 0.203 e. The van der Waals surface area contributed by atoms with E-state index in [0.717, 1.165) is 38.7 Å². The molecule has 20 heavy (non-hydrogen) atoms. The Morgan fingerprint density at radius 3 is 2.95 bits per heavy atom. The third-order valence-corrected chi connectivity index (χ3v) is 3.31. The Labute approximate surface area is 120 Å². The maximum atomic E-state index is 5.36. The molecule has 108 valence electrons. The number of ether oxygens (including phenoxy) is 1. The fraction of sp³-hybridized carbons (Fsp3) is 0.438. The zero-order valence-electron chi connectivity index (χ0n) is 12.3. The highest BCUT2D eigenvalue weighted by Crippen LogP contribution is 2.11. The minimum absolute atomic E-state index is 0.780. The van der Waals surface area contributed by atoms with Gasteiger partial charge in [0.25, 0.3) is 0 Å². The molecule has 0 bridgehead atoms. The van der Waals surface area contributed by atoms with Gasteiger partial charge < -0.3 is 14.6 Å². The Morgan fingerprint density at radius 1 is 1.30 bits per heavy atom. The van der Waals surface area contributed by atoms with Gasteiger partial charge in [-0.1, -0.05) is 24.3 Å². The second kappa shape index (κ2) is 7.70. The van der Waals surface area contributed by atoms with Gasteiger partial charge in [0.2, 0.25) is 5.95 Å². The molecule has 2 rings (SSSR count). The zero-order valence-corrected chi connectivity index (χ0v) is 12.3. The summed E-state index contributed by atoms with van der Waals surface area (Å²) in [6.45, 7) is 7.46. The Balaban J connectivity index is 1.87. The predicted molar refractivity (Wildman–Crippen MR) is 81.8 cm³/mol. The first-order valence-corrected chi connectivity index (χ1v) is 7.18. The quantitative estimate of drug-likeness (QED) is 0.751. The Morgan fingerprint density at radius 2 is 2.15 bits per heavy atom. The van der Waals surface area contributed by atoms with Crippen LogP contribution in [0.2, 0.25) is 0 Å². The van der Waals surface area contributed by atoms with Gasteiger partial charge in [0.05, 0.1) is 0 Å². The lowest BCUT2D eigenvalue weighted by Crippen LogP contribution is -2.09.